The van der Waals surface area contributed by atoms with Gasteiger partial charge in [0.1, 0.15) is 16.5 Å². The molecule has 0 aliphatic carbocycles. The van der Waals surface area contributed by atoms with Crippen molar-refractivity contribution >= 4 is 45.9 Å². The largest absolute Gasteiger partial charge is 0.493 e. The number of aromatic carboxylic acids is 1. The van der Waals surface area contributed by atoms with Crippen LogP contribution in [0.25, 0.3) is 0 Å². The van der Waals surface area contributed by atoms with Crippen LogP contribution < -0.4 is 29.3 Å². The van der Waals surface area contributed by atoms with Crippen LogP contribution in [0, 0.1) is 6.92 Å². The Labute approximate surface area is 234 Å². The molecule has 1 aromatic carbocycles. The van der Waals surface area contributed by atoms with Crippen molar-refractivity contribution in [3.05, 3.63) is 33.8 Å². The third-order valence-electron chi connectivity index (χ3n) is 6.89. The van der Waals surface area contributed by atoms with Crippen LogP contribution in [0.3, 0.4) is 0 Å². The molecular formula is C26H30N6O7S. The number of rotatable bonds is 9. The van der Waals surface area contributed by atoms with Crippen molar-refractivity contribution in [2.24, 2.45) is 0 Å². The smallest absolute Gasteiger partial charge is 0.347 e. The van der Waals surface area contributed by atoms with E-state index in [2.05, 4.69) is 15.3 Å². The number of nitrogens with zero attached hydrogens (tertiary/aromatic N) is 5. The molecule has 212 valence electrons. The molecule has 14 heteroatoms. The van der Waals surface area contributed by atoms with Gasteiger partial charge in [-0.3, -0.25) is 15.0 Å². The molecular weight excluding hydrogens is 540 g/mol. The van der Waals surface area contributed by atoms with Crippen LogP contribution in [-0.2, 0) is 17.8 Å². The Bertz CT molecular complexity index is 1430. The molecule has 1 saturated heterocycles. The van der Waals surface area contributed by atoms with Crippen LogP contribution in [0.15, 0.2) is 12.1 Å². The van der Waals surface area contributed by atoms with Gasteiger partial charge in [0.2, 0.25) is 17.6 Å². The van der Waals surface area contributed by atoms with E-state index in [1.807, 2.05) is 4.90 Å². The number of ether oxygens (including phenoxy) is 3. The van der Waals surface area contributed by atoms with Gasteiger partial charge in [-0.2, -0.15) is 9.97 Å². The number of nitrogens with one attached hydrogen (secondary N) is 1. The van der Waals surface area contributed by atoms with E-state index < -0.39 is 5.97 Å². The number of thiazole rings is 1. The van der Waals surface area contributed by atoms with Crippen molar-refractivity contribution in [3.8, 4) is 17.2 Å². The maximum Gasteiger partial charge on any atom is 0.347 e. The third-order valence-corrected chi connectivity index (χ3v) is 7.95. The standard InChI is InChI=1S/C26H30N6O7S/c1-13-21(24(35)36)40-26(27-13)30-25-28-22(31-7-5-15(33)6-8-31)16-11-19(34)32(23(16)29-25)12-14-9-17(37-2)20(39-4)18(10-14)38-3/h9-10,15,33H,5-8,11-12H2,1-4H3,(H,35,36)(H,27,28,29,30). The van der Waals surface area contributed by atoms with E-state index in [0.717, 1.165) is 16.9 Å². The quantitative estimate of drug-likeness (QED) is 0.346. The normalized spacial score (nSPS) is 15.3. The number of fused-ring (bicyclic) bond motifs is 1. The number of carboxylic acid groups (broad SMARTS) is 1. The van der Waals surface area contributed by atoms with Gasteiger partial charge in [-0.1, -0.05) is 11.3 Å². The zero-order chi connectivity index (χ0) is 28.6. The van der Waals surface area contributed by atoms with Crippen molar-refractivity contribution in [1.82, 2.24) is 15.0 Å². The van der Waals surface area contributed by atoms with Crippen molar-refractivity contribution in [2.75, 3.05) is 49.5 Å². The number of aromatic nitrogens is 3. The monoisotopic (exact) mass is 570 g/mol. The first-order valence-electron chi connectivity index (χ1n) is 12.6. The number of aliphatic hydroxyl groups is 1. The highest BCUT2D eigenvalue weighted by Crippen LogP contribution is 2.41. The fraction of sp³-hybridized carbons (Fsp3) is 0.423. The summed E-state index contributed by atoms with van der Waals surface area (Å²) in [6.07, 6.45) is 0.902. The Balaban J connectivity index is 1.55. The minimum absolute atomic E-state index is 0.119. The summed E-state index contributed by atoms with van der Waals surface area (Å²) in [5.74, 6) is 1.42. The second-order valence-corrected chi connectivity index (χ2v) is 10.4. The summed E-state index contributed by atoms with van der Waals surface area (Å²) < 4.78 is 16.4. The lowest BCUT2D eigenvalue weighted by atomic mass is 10.1. The molecule has 13 nitrogen and oxygen atoms in total. The summed E-state index contributed by atoms with van der Waals surface area (Å²) >= 11 is 0.984. The Morgan fingerprint density at radius 1 is 1.07 bits per heavy atom. The molecule has 4 heterocycles. The van der Waals surface area contributed by atoms with E-state index in [-0.39, 0.29) is 35.8 Å². The highest BCUT2D eigenvalue weighted by Gasteiger charge is 2.35. The zero-order valence-electron chi connectivity index (χ0n) is 22.6. The predicted molar refractivity (Wildman–Crippen MR) is 148 cm³/mol. The van der Waals surface area contributed by atoms with Gasteiger partial charge in [-0.25, -0.2) is 9.78 Å². The van der Waals surface area contributed by atoms with Gasteiger partial charge in [0.25, 0.3) is 0 Å². The summed E-state index contributed by atoms with van der Waals surface area (Å²) in [6.45, 7) is 2.96. The van der Waals surface area contributed by atoms with Crippen LogP contribution in [0.4, 0.5) is 22.7 Å². The fourth-order valence-electron chi connectivity index (χ4n) is 4.92. The first kappa shape index (κ1) is 27.4. The number of carbonyl (C=O) groups is 2. The molecule has 0 saturated carbocycles. The van der Waals surface area contributed by atoms with Gasteiger partial charge in [-0.05, 0) is 37.5 Å². The maximum absolute atomic E-state index is 13.4. The fourth-order valence-corrected chi connectivity index (χ4v) is 5.72. The first-order valence-corrected chi connectivity index (χ1v) is 13.4. The van der Waals surface area contributed by atoms with E-state index >= 15 is 0 Å². The molecule has 2 aromatic heterocycles. The van der Waals surface area contributed by atoms with E-state index in [0.29, 0.717) is 71.2 Å². The molecule has 3 N–H and O–H groups in total. The Hall–Kier alpha value is -4.17. The van der Waals surface area contributed by atoms with Crippen molar-refractivity contribution in [2.45, 2.75) is 38.8 Å². The Morgan fingerprint density at radius 3 is 2.30 bits per heavy atom. The third kappa shape index (κ3) is 5.19. The van der Waals surface area contributed by atoms with Gasteiger partial charge in [0.05, 0.1) is 46.1 Å². The highest BCUT2D eigenvalue weighted by molar-refractivity contribution is 7.17. The molecule has 5 rings (SSSR count). The molecule has 0 bridgehead atoms. The average molecular weight is 571 g/mol. The van der Waals surface area contributed by atoms with Crippen LogP contribution in [-0.4, -0.2) is 77.6 Å². The lowest BCUT2D eigenvalue weighted by Gasteiger charge is -2.32. The number of carboxylic acids is 1. The average Bonchev–Trinajstić information content (AvgIpc) is 3.46. The SMILES string of the molecule is COc1cc(CN2C(=O)Cc3c(N4CCC(O)CC4)nc(Nc4nc(C)c(C(=O)O)s4)nc32)cc(OC)c1OC. The number of amides is 1. The molecule has 40 heavy (non-hydrogen) atoms. The predicted octanol–water partition coefficient (Wildman–Crippen LogP) is 2.76. The number of hydrogen-bond donors (Lipinski definition) is 3. The van der Waals surface area contributed by atoms with Crippen molar-refractivity contribution in [3.63, 3.8) is 0 Å². The summed E-state index contributed by atoms with van der Waals surface area (Å²) in [4.78, 5) is 42.4. The van der Waals surface area contributed by atoms with E-state index in [4.69, 9.17) is 19.2 Å². The number of aryl methyl sites for hydroxylation is 1. The molecule has 2 aliphatic heterocycles. The Kier molecular flexibility index (Phi) is 7.63. The van der Waals surface area contributed by atoms with E-state index in [1.54, 1.807) is 24.0 Å². The number of benzene rings is 1. The summed E-state index contributed by atoms with van der Waals surface area (Å²) in [7, 11) is 4.58. The molecule has 0 radical (unpaired) electrons. The zero-order valence-corrected chi connectivity index (χ0v) is 23.4. The number of carbonyl (C=O) groups excluding carboxylic acids is 1. The summed E-state index contributed by atoms with van der Waals surface area (Å²) in [5, 5.41) is 22.8. The molecule has 3 aromatic rings. The van der Waals surface area contributed by atoms with Crippen molar-refractivity contribution < 1.29 is 34.0 Å². The molecule has 0 spiro atoms. The molecule has 0 unspecified atom stereocenters. The topological polar surface area (TPSA) is 159 Å². The number of methoxy groups -OCH3 is 3. The maximum atomic E-state index is 13.4. The molecule has 1 fully saturated rings. The minimum atomic E-state index is -1.06. The van der Waals surface area contributed by atoms with Gasteiger partial charge < -0.3 is 29.3 Å². The summed E-state index contributed by atoms with van der Waals surface area (Å²) in [6, 6.07) is 3.57. The summed E-state index contributed by atoms with van der Waals surface area (Å²) in [5.41, 5.74) is 1.82. The number of hydrogen-bond acceptors (Lipinski definition) is 12. The lowest BCUT2D eigenvalue weighted by Crippen LogP contribution is -2.37. The molecule has 2 aliphatic rings. The van der Waals surface area contributed by atoms with Crippen molar-refractivity contribution in [1.29, 1.82) is 0 Å². The van der Waals surface area contributed by atoms with Gasteiger partial charge in [0, 0.05) is 18.7 Å². The first-order chi connectivity index (χ1) is 19.2. The lowest BCUT2D eigenvalue weighted by molar-refractivity contribution is -0.117. The second-order valence-electron chi connectivity index (χ2n) is 9.45. The van der Waals surface area contributed by atoms with Gasteiger partial charge in [-0.15, -0.1) is 0 Å². The number of aliphatic hydroxyl groups excluding tert-OH is 1. The van der Waals surface area contributed by atoms with Crippen LogP contribution in [0.5, 0.6) is 17.2 Å². The second kappa shape index (κ2) is 11.1. The number of anilines is 4. The number of piperidine rings is 1. The van der Waals surface area contributed by atoms with E-state index in [1.165, 1.54) is 21.3 Å². The van der Waals surface area contributed by atoms with Gasteiger partial charge >= 0.3 is 5.97 Å². The van der Waals surface area contributed by atoms with Crippen LogP contribution in [0.1, 0.15) is 39.3 Å². The minimum Gasteiger partial charge on any atom is -0.493 e. The van der Waals surface area contributed by atoms with Crippen LogP contribution in [0.2, 0.25) is 0 Å². The van der Waals surface area contributed by atoms with E-state index in [9.17, 15) is 19.8 Å². The highest BCUT2D eigenvalue weighted by atomic mass is 32.1. The molecule has 0 atom stereocenters. The molecule has 1 amide bonds. The van der Waals surface area contributed by atoms with Crippen LogP contribution >= 0.6 is 11.3 Å². The van der Waals surface area contributed by atoms with Gasteiger partial charge in [0.15, 0.2) is 16.6 Å². The Morgan fingerprint density at radius 2 is 1.73 bits per heavy atom.